The van der Waals surface area contributed by atoms with Crippen molar-refractivity contribution in [1.82, 2.24) is 5.32 Å². The third kappa shape index (κ3) is 6.03. The van der Waals surface area contributed by atoms with Crippen molar-refractivity contribution < 1.29 is 37.0 Å². The Morgan fingerprint density at radius 2 is 1.53 bits per heavy atom. The monoisotopic (exact) mass is 426 g/mol. The minimum absolute atomic E-state index is 0.201. The molecule has 0 saturated heterocycles. The zero-order valence-electron chi connectivity index (χ0n) is 16.6. The summed E-state index contributed by atoms with van der Waals surface area (Å²) >= 11 is 0. The van der Waals surface area contributed by atoms with Crippen molar-refractivity contribution in [2.45, 2.75) is 12.6 Å². The van der Waals surface area contributed by atoms with Crippen molar-refractivity contribution in [2.24, 2.45) is 0 Å². The highest BCUT2D eigenvalue weighted by atomic mass is 19.4. The lowest BCUT2D eigenvalue weighted by atomic mass is 10.1. The first-order valence-corrected chi connectivity index (χ1v) is 8.71. The van der Waals surface area contributed by atoms with Gasteiger partial charge in [-0.25, -0.2) is 0 Å². The molecule has 30 heavy (non-hydrogen) atoms. The summed E-state index contributed by atoms with van der Waals surface area (Å²) in [6.07, 6.45) is -4.68. The van der Waals surface area contributed by atoms with Gasteiger partial charge in [-0.2, -0.15) is 13.2 Å². The average molecular weight is 426 g/mol. The number of rotatable bonds is 8. The van der Waals surface area contributed by atoms with Gasteiger partial charge in [0.15, 0.2) is 11.5 Å². The number of methoxy groups -OCH3 is 3. The Bertz CT molecular complexity index is 899. The van der Waals surface area contributed by atoms with Crippen LogP contribution < -0.4 is 24.8 Å². The zero-order chi connectivity index (χ0) is 22.3. The summed E-state index contributed by atoms with van der Waals surface area (Å²) < 4.78 is 52.1. The normalized spacial score (nSPS) is 10.9. The van der Waals surface area contributed by atoms with Crippen molar-refractivity contribution in [3.63, 3.8) is 0 Å². The molecule has 0 bridgehead atoms. The van der Waals surface area contributed by atoms with Gasteiger partial charge >= 0.3 is 6.18 Å². The van der Waals surface area contributed by atoms with Gasteiger partial charge in [-0.1, -0.05) is 12.1 Å². The second kappa shape index (κ2) is 9.86. The maximum absolute atomic E-state index is 12.6. The van der Waals surface area contributed by atoms with E-state index in [1.54, 1.807) is 11.4 Å². The van der Waals surface area contributed by atoms with Gasteiger partial charge in [0.05, 0.1) is 33.3 Å². The van der Waals surface area contributed by atoms with E-state index in [0.29, 0.717) is 17.0 Å². The topological polar surface area (TPSA) is 85.9 Å². The van der Waals surface area contributed by atoms with E-state index in [1.807, 2.05) is 0 Å². The first-order chi connectivity index (χ1) is 14.2. The molecule has 2 N–H and O–H groups in total. The van der Waals surface area contributed by atoms with Crippen LogP contribution in [0.5, 0.6) is 17.2 Å². The molecule has 0 aromatic heterocycles. The summed E-state index contributed by atoms with van der Waals surface area (Å²) in [6.45, 7) is -1.38. The maximum Gasteiger partial charge on any atom is 0.405 e. The van der Waals surface area contributed by atoms with E-state index in [0.717, 1.165) is 0 Å². The van der Waals surface area contributed by atoms with Gasteiger partial charge < -0.3 is 24.8 Å². The number of carbonyl (C=O) groups is 2. The molecule has 2 aromatic rings. The first kappa shape index (κ1) is 22.9. The van der Waals surface area contributed by atoms with E-state index in [-0.39, 0.29) is 23.5 Å². The van der Waals surface area contributed by atoms with Gasteiger partial charge in [-0.3, -0.25) is 9.59 Å². The van der Waals surface area contributed by atoms with E-state index in [9.17, 15) is 22.8 Å². The largest absolute Gasteiger partial charge is 0.493 e. The zero-order valence-corrected chi connectivity index (χ0v) is 16.6. The lowest BCUT2D eigenvalue weighted by molar-refractivity contribution is -0.138. The molecule has 0 aliphatic rings. The fraction of sp³-hybridized carbons (Fsp3) is 0.300. The molecule has 2 amide bonds. The summed E-state index contributed by atoms with van der Waals surface area (Å²) in [5.74, 6) is -0.345. The summed E-state index contributed by atoms with van der Waals surface area (Å²) in [5.41, 5.74) is 1.14. The number of hydrogen-bond donors (Lipinski definition) is 2. The van der Waals surface area contributed by atoms with Crippen LogP contribution in [0, 0.1) is 0 Å². The standard InChI is InChI=1S/C20H21F3N2O5/c1-28-15-9-8-14(17(29-2)18(15)30-3)19(27)25-13-6-4-12(5-7-13)10-16(26)24-11-20(21,22)23/h4-9H,10-11H2,1-3H3,(H,24,26)(H,25,27). The Balaban J connectivity index is 2.07. The van der Waals surface area contributed by atoms with E-state index < -0.39 is 24.5 Å². The Morgan fingerprint density at radius 3 is 2.07 bits per heavy atom. The molecular formula is C20H21F3N2O5. The van der Waals surface area contributed by atoms with Crippen LogP contribution in [0.1, 0.15) is 15.9 Å². The van der Waals surface area contributed by atoms with E-state index in [4.69, 9.17) is 14.2 Å². The fourth-order valence-corrected chi connectivity index (χ4v) is 2.63. The van der Waals surface area contributed by atoms with Crippen molar-refractivity contribution in [1.29, 1.82) is 0 Å². The quantitative estimate of drug-likeness (QED) is 0.677. The number of ether oxygens (including phenoxy) is 3. The number of carbonyl (C=O) groups excluding carboxylic acids is 2. The Labute approximate surface area is 171 Å². The summed E-state index contributed by atoms with van der Waals surface area (Å²) in [5, 5.41) is 4.49. The van der Waals surface area contributed by atoms with Gasteiger partial charge in [0.25, 0.3) is 5.91 Å². The lowest BCUT2D eigenvalue weighted by Crippen LogP contribution is -2.34. The molecule has 0 spiro atoms. The third-order valence-corrected chi connectivity index (χ3v) is 4.01. The van der Waals surface area contributed by atoms with Crippen LogP contribution in [0.15, 0.2) is 36.4 Å². The van der Waals surface area contributed by atoms with Crippen molar-refractivity contribution in [3.8, 4) is 17.2 Å². The number of alkyl halides is 3. The van der Waals surface area contributed by atoms with Crippen molar-refractivity contribution in [3.05, 3.63) is 47.5 Å². The molecule has 2 rings (SSSR count). The molecule has 0 aliphatic carbocycles. The molecule has 0 saturated carbocycles. The highest BCUT2D eigenvalue weighted by Crippen LogP contribution is 2.39. The summed E-state index contributed by atoms with van der Waals surface area (Å²) in [6, 6.07) is 9.24. The predicted octanol–water partition coefficient (Wildman–Crippen LogP) is 3.19. The van der Waals surface area contributed by atoms with Crippen LogP contribution in [0.2, 0.25) is 0 Å². The Morgan fingerprint density at radius 1 is 0.900 bits per heavy atom. The summed E-state index contributed by atoms with van der Waals surface area (Å²) in [4.78, 5) is 24.2. The fourth-order valence-electron chi connectivity index (χ4n) is 2.63. The van der Waals surface area contributed by atoms with Crippen LogP contribution in [0.3, 0.4) is 0 Å². The van der Waals surface area contributed by atoms with Gasteiger partial charge in [-0.05, 0) is 29.8 Å². The number of anilines is 1. The highest BCUT2D eigenvalue weighted by Gasteiger charge is 2.27. The Kier molecular flexibility index (Phi) is 7.51. The molecular weight excluding hydrogens is 405 g/mol. The molecule has 2 aromatic carbocycles. The van der Waals surface area contributed by atoms with Crippen LogP contribution in [-0.2, 0) is 11.2 Å². The molecule has 162 valence electrons. The van der Waals surface area contributed by atoms with Crippen molar-refractivity contribution in [2.75, 3.05) is 33.2 Å². The molecule has 7 nitrogen and oxygen atoms in total. The van der Waals surface area contributed by atoms with Crippen LogP contribution in [-0.4, -0.2) is 45.9 Å². The molecule has 0 aliphatic heterocycles. The van der Waals surface area contributed by atoms with Crippen LogP contribution >= 0.6 is 0 Å². The Hall–Kier alpha value is -3.43. The number of nitrogens with one attached hydrogen (secondary N) is 2. The minimum atomic E-state index is -4.46. The lowest BCUT2D eigenvalue weighted by Gasteiger charge is -2.15. The van der Waals surface area contributed by atoms with E-state index >= 15 is 0 Å². The molecule has 0 heterocycles. The van der Waals surface area contributed by atoms with Gasteiger partial charge in [-0.15, -0.1) is 0 Å². The SMILES string of the molecule is COc1ccc(C(=O)Nc2ccc(CC(=O)NCC(F)(F)F)cc2)c(OC)c1OC. The number of halogens is 3. The predicted molar refractivity (Wildman–Crippen MR) is 103 cm³/mol. The maximum atomic E-state index is 12.6. The van der Waals surface area contributed by atoms with E-state index in [2.05, 4.69) is 5.32 Å². The second-order valence-corrected chi connectivity index (χ2v) is 6.10. The van der Waals surface area contributed by atoms with Gasteiger partial charge in [0.2, 0.25) is 11.7 Å². The second-order valence-electron chi connectivity index (χ2n) is 6.10. The smallest absolute Gasteiger partial charge is 0.405 e. The van der Waals surface area contributed by atoms with E-state index in [1.165, 1.54) is 51.7 Å². The number of hydrogen-bond acceptors (Lipinski definition) is 5. The molecule has 0 atom stereocenters. The molecule has 0 unspecified atom stereocenters. The number of benzene rings is 2. The van der Waals surface area contributed by atoms with Gasteiger partial charge in [0, 0.05) is 5.69 Å². The van der Waals surface area contributed by atoms with Crippen LogP contribution in [0.25, 0.3) is 0 Å². The average Bonchev–Trinajstić information content (AvgIpc) is 2.71. The van der Waals surface area contributed by atoms with Crippen LogP contribution in [0.4, 0.5) is 18.9 Å². The molecule has 0 fully saturated rings. The first-order valence-electron chi connectivity index (χ1n) is 8.71. The van der Waals surface area contributed by atoms with Gasteiger partial charge in [0.1, 0.15) is 6.54 Å². The molecule has 0 radical (unpaired) electrons. The minimum Gasteiger partial charge on any atom is -0.493 e. The number of amides is 2. The van der Waals surface area contributed by atoms with Crippen molar-refractivity contribution >= 4 is 17.5 Å². The third-order valence-electron chi connectivity index (χ3n) is 4.01. The summed E-state index contributed by atoms with van der Waals surface area (Å²) in [7, 11) is 4.28. The molecule has 10 heteroatoms. The highest BCUT2D eigenvalue weighted by molar-refractivity contribution is 6.07.